The molecular weight excluding hydrogens is 463 g/mol. The van der Waals surface area contributed by atoms with Crippen molar-refractivity contribution in [1.29, 1.82) is 0 Å². The minimum atomic E-state index is 0. The fourth-order valence-corrected chi connectivity index (χ4v) is 5.21. The molecule has 3 nitrogen and oxygen atoms in total. The average Bonchev–Trinajstić information content (AvgIpc) is 3.07. The molecule has 34 heavy (non-hydrogen) atoms. The molecule has 188 valence electrons. The molecule has 0 amide bonds. The van der Waals surface area contributed by atoms with Crippen molar-refractivity contribution < 1.29 is 4.79 Å². The van der Waals surface area contributed by atoms with E-state index in [0.717, 1.165) is 57.7 Å². The number of fused-ring (bicyclic) bond motifs is 1. The fraction of sp³-hybridized carbons (Fsp3) is 0.552. The van der Waals surface area contributed by atoms with E-state index in [4.69, 9.17) is 0 Å². The summed E-state index contributed by atoms with van der Waals surface area (Å²) in [7, 11) is 0. The monoisotopic (exact) mass is 504 g/mol. The van der Waals surface area contributed by atoms with Crippen LogP contribution in [0, 0.1) is 0 Å². The lowest BCUT2D eigenvalue weighted by atomic mass is 9.79. The summed E-state index contributed by atoms with van der Waals surface area (Å²) < 4.78 is 0. The van der Waals surface area contributed by atoms with Gasteiger partial charge in [0.2, 0.25) is 0 Å². The van der Waals surface area contributed by atoms with Gasteiger partial charge in [-0.05, 0) is 52.0 Å². The number of benzene rings is 2. The van der Waals surface area contributed by atoms with Crippen LogP contribution in [0.4, 0.5) is 0 Å². The van der Waals surface area contributed by atoms with Crippen molar-refractivity contribution in [2.75, 3.05) is 32.7 Å². The molecule has 4 rings (SSSR count). The number of hydrogen-bond donors (Lipinski definition) is 0. The van der Waals surface area contributed by atoms with Crippen molar-refractivity contribution in [3.63, 3.8) is 0 Å². The summed E-state index contributed by atoms with van der Waals surface area (Å²) in [6, 6.07) is 15.3. The van der Waals surface area contributed by atoms with Crippen LogP contribution in [-0.4, -0.2) is 48.3 Å². The normalized spacial score (nSPS) is 18.0. The van der Waals surface area contributed by atoms with Gasteiger partial charge in [-0.3, -0.25) is 9.69 Å². The molecule has 1 aliphatic carbocycles. The van der Waals surface area contributed by atoms with Gasteiger partial charge in [-0.15, -0.1) is 24.8 Å². The zero-order valence-electron chi connectivity index (χ0n) is 21.5. The molecule has 0 saturated carbocycles. The number of rotatable bonds is 6. The number of halogens is 2. The van der Waals surface area contributed by atoms with Crippen molar-refractivity contribution in [3.8, 4) is 0 Å². The topological polar surface area (TPSA) is 23.6 Å². The summed E-state index contributed by atoms with van der Waals surface area (Å²) in [5.41, 5.74) is 6.62. The van der Waals surface area contributed by atoms with Crippen molar-refractivity contribution in [3.05, 3.63) is 70.3 Å². The Kier molecular flexibility index (Phi) is 9.81. The maximum absolute atomic E-state index is 13.4. The molecule has 0 N–H and O–H groups in total. The predicted molar refractivity (Wildman–Crippen MR) is 148 cm³/mol. The van der Waals surface area contributed by atoms with Gasteiger partial charge in [0.15, 0.2) is 5.78 Å². The summed E-state index contributed by atoms with van der Waals surface area (Å²) in [5.74, 6) is 0.330. The molecule has 0 atom stereocenters. The molecule has 0 bridgehead atoms. The highest BCUT2D eigenvalue weighted by Crippen LogP contribution is 2.42. The van der Waals surface area contributed by atoms with Crippen LogP contribution in [0.5, 0.6) is 0 Å². The van der Waals surface area contributed by atoms with E-state index in [0.29, 0.717) is 12.2 Å². The standard InChI is InChI=1S/C29H40N2O.2ClH/c1-28(2,3)23-19-25(24-11-13-29(4,5)26(24)20-23)27(32)12-14-30-15-17-31(18-16-30)21-22-9-7-6-8-10-22;;/h6-10,19-20H,11-18,21H2,1-5H3;2*1H. The Hall–Kier alpha value is -1.39. The number of piperazine rings is 1. The van der Waals surface area contributed by atoms with Crippen LogP contribution in [-0.2, 0) is 23.8 Å². The van der Waals surface area contributed by atoms with Crippen LogP contribution in [0.1, 0.15) is 80.1 Å². The van der Waals surface area contributed by atoms with Gasteiger partial charge in [0, 0.05) is 51.3 Å². The summed E-state index contributed by atoms with van der Waals surface area (Å²) in [6.07, 6.45) is 2.80. The number of ketones is 1. The zero-order valence-corrected chi connectivity index (χ0v) is 23.2. The summed E-state index contributed by atoms with van der Waals surface area (Å²) >= 11 is 0. The van der Waals surface area contributed by atoms with Crippen LogP contribution in [0.3, 0.4) is 0 Å². The highest BCUT2D eigenvalue weighted by atomic mass is 35.5. The summed E-state index contributed by atoms with van der Waals surface area (Å²) in [5, 5.41) is 0. The molecule has 1 heterocycles. The molecule has 1 fully saturated rings. The largest absolute Gasteiger partial charge is 0.300 e. The Balaban J connectivity index is 0.00000204. The number of nitrogens with zero attached hydrogens (tertiary/aromatic N) is 2. The third kappa shape index (κ3) is 6.63. The van der Waals surface area contributed by atoms with Crippen molar-refractivity contribution in [2.24, 2.45) is 0 Å². The van der Waals surface area contributed by atoms with Gasteiger partial charge in [-0.1, -0.05) is 71.0 Å². The predicted octanol–water partition coefficient (Wildman–Crippen LogP) is 6.44. The number of carbonyl (C=O) groups excluding carboxylic acids is 1. The molecule has 2 aromatic carbocycles. The second kappa shape index (κ2) is 11.6. The zero-order chi connectivity index (χ0) is 22.9. The lowest BCUT2D eigenvalue weighted by Gasteiger charge is -2.34. The second-order valence-electron chi connectivity index (χ2n) is 11.5. The first-order valence-electron chi connectivity index (χ1n) is 12.3. The molecular formula is C29H42Cl2N2O. The van der Waals surface area contributed by atoms with E-state index in [9.17, 15) is 4.79 Å². The second-order valence-corrected chi connectivity index (χ2v) is 11.5. The molecule has 2 aromatic rings. The minimum absolute atomic E-state index is 0. The van der Waals surface area contributed by atoms with E-state index in [1.807, 2.05) is 0 Å². The Bertz CT molecular complexity index is 958. The maximum atomic E-state index is 13.4. The van der Waals surface area contributed by atoms with Gasteiger partial charge in [0.05, 0.1) is 0 Å². The molecule has 0 unspecified atom stereocenters. The van der Waals surface area contributed by atoms with E-state index in [2.05, 4.69) is 86.9 Å². The summed E-state index contributed by atoms with van der Waals surface area (Å²) in [6.45, 7) is 17.5. The van der Waals surface area contributed by atoms with Gasteiger partial charge in [0.25, 0.3) is 0 Å². The molecule has 0 spiro atoms. The quantitative estimate of drug-likeness (QED) is 0.422. The Labute approximate surface area is 219 Å². The van der Waals surface area contributed by atoms with Crippen molar-refractivity contribution >= 4 is 30.6 Å². The smallest absolute Gasteiger partial charge is 0.164 e. The molecule has 1 saturated heterocycles. The third-order valence-corrected chi connectivity index (χ3v) is 7.51. The van der Waals surface area contributed by atoms with Crippen molar-refractivity contribution in [2.45, 2.75) is 71.3 Å². The minimum Gasteiger partial charge on any atom is -0.300 e. The van der Waals surface area contributed by atoms with Crippen LogP contribution in [0.25, 0.3) is 0 Å². The number of hydrogen-bond acceptors (Lipinski definition) is 3. The highest BCUT2D eigenvalue weighted by Gasteiger charge is 2.34. The molecule has 1 aliphatic heterocycles. The molecule has 2 aliphatic rings. The first-order chi connectivity index (χ1) is 15.1. The Morgan fingerprint density at radius 3 is 2.18 bits per heavy atom. The van der Waals surface area contributed by atoms with Gasteiger partial charge in [-0.2, -0.15) is 0 Å². The average molecular weight is 506 g/mol. The number of carbonyl (C=O) groups is 1. The summed E-state index contributed by atoms with van der Waals surface area (Å²) in [4.78, 5) is 18.4. The SMILES string of the molecule is CC(C)(C)c1cc(C(=O)CCN2CCN(Cc3ccccc3)CC2)c2c(c1)C(C)(C)CC2.Cl.Cl. The molecule has 0 radical (unpaired) electrons. The highest BCUT2D eigenvalue weighted by molar-refractivity contribution is 5.98. The van der Waals surface area contributed by atoms with E-state index >= 15 is 0 Å². The van der Waals surface area contributed by atoms with Gasteiger partial charge >= 0.3 is 0 Å². The number of Topliss-reactive ketones (excluding diaryl/α,β-unsaturated/α-hetero) is 1. The van der Waals surface area contributed by atoms with E-state index < -0.39 is 0 Å². The van der Waals surface area contributed by atoms with Crippen LogP contribution in [0.2, 0.25) is 0 Å². The molecule has 5 heteroatoms. The lowest BCUT2D eigenvalue weighted by Crippen LogP contribution is -2.46. The lowest BCUT2D eigenvalue weighted by molar-refractivity contribution is 0.0922. The van der Waals surface area contributed by atoms with Gasteiger partial charge in [-0.25, -0.2) is 0 Å². The maximum Gasteiger partial charge on any atom is 0.164 e. The van der Waals surface area contributed by atoms with Crippen LogP contribution in [0.15, 0.2) is 42.5 Å². The van der Waals surface area contributed by atoms with Crippen LogP contribution >= 0.6 is 24.8 Å². The van der Waals surface area contributed by atoms with E-state index in [1.165, 1.54) is 22.3 Å². The van der Waals surface area contributed by atoms with Gasteiger partial charge < -0.3 is 4.90 Å². The third-order valence-electron chi connectivity index (χ3n) is 7.51. The van der Waals surface area contributed by atoms with E-state index in [-0.39, 0.29) is 35.6 Å². The first-order valence-corrected chi connectivity index (χ1v) is 12.3. The van der Waals surface area contributed by atoms with Crippen LogP contribution < -0.4 is 0 Å². The molecule has 0 aromatic heterocycles. The van der Waals surface area contributed by atoms with Crippen molar-refractivity contribution in [1.82, 2.24) is 9.80 Å². The van der Waals surface area contributed by atoms with Gasteiger partial charge in [0.1, 0.15) is 0 Å². The first kappa shape index (κ1) is 28.8. The Morgan fingerprint density at radius 1 is 0.941 bits per heavy atom. The fourth-order valence-electron chi connectivity index (χ4n) is 5.21. The Morgan fingerprint density at radius 2 is 1.56 bits per heavy atom. The van der Waals surface area contributed by atoms with E-state index in [1.54, 1.807) is 0 Å².